The molecule has 0 heterocycles. The second-order valence-electron chi connectivity index (χ2n) is 4.83. The van der Waals surface area contributed by atoms with Gasteiger partial charge in [-0.2, -0.15) is 0 Å². The van der Waals surface area contributed by atoms with Crippen molar-refractivity contribution in [1.82, 2.24) is 4.90 Å². The minimum atomic E-state index is 0.0453. The molecule has 0 amide bonds. The van der Waals surface area contributed by atoms with Gasteiger partial charge in [-0.1, -0.05) is 19.9 Å². The normalized spacial score (nSPS) is 11.1. The van der Waals surface area contributed by atoms with Crippen molar-refractivity contribution in [3.8, 4) is 5.75 Å². The van der Waals surface area contributed by atoms with Crippen molar-refractivity contribution in [2.24, 2.45) is 5.73 Å². The number of nitrogens with one attached hydrogen (secondary N) is 1. The van der Waals surface area contributed by atoms with Gasteiger partial charge in [-0.3, -0.25) is 10.3 Å². The lowest BCUT2D eigenvalue weighted by molar-refractivity contribution is 0.221. The average molecular weight is 263 g/mol. The van der Waals surface area contributed by atoms with Crippen LogP contribution in [0.15, 0.2) is 18.2 Å². The van der Waals surface area contributed by atoms with Gasteiger partial charge in [0.05, 0.1) is 12.7 Å². The number of nitrogens with two attached hydrogens (primary N) is 1. The Morgan fingerprint density at radius 2 is 2.00 bits per heavy atom. The summed E-state index contributed by atoms with van der Waals surface area (Å²) in [5, 5.41) is 7.60. The summed E-state index contributed by atoms with van der Waals surface area (Å²) in [6.45, 7) is 5.27. The van der Waals surface area contributed by atoms with Crippen molar-refractivity contribution >= 4 is 5.84 Å². The Kier molecular flexibility index (Phi) is 5.83. The fourth-order valence-corrected chi connectivity index (χ4v) is 2.39. The highest BCUT2D eigenvalue weighted by atomic mass is 16.5. The van der Waals surface area contributed by atoms with Gasteiger partial charge in [-0.25, -0.2) is 0 Å². The SMILES string of the molecule is CCC(CC)N(C)Cc1ccc(OC)c(C(=N)N)c1. The Morgan fingerprint density at radius 3 is 2.47 bits per heavy atom. The molecule has 1 aromatic rings. The highest BCUT2D eigenvalue weighted by Gasteiger charge is 2.12. The van der Waals surface area contributed by atoms with Crippen molar-refractivity contribution in [3.63, 3.8) is 0 Å². The van der Waals surface area contributed by atoms with Crippen LogP contribution in [0.2, 0.25) is 0 Å². The molecule has 3 N–H and O–H groups in total. The monoisotopic (exact) mass is 263 g/mol. The second kappa shape index (κ2) is 7.14. The number of methoxy groups -OCH3 is 1. The van der Waals surface area contributed by atoms with Crippen LogP contribution in [0.3, 0.4) is 0 Å². The van der Waals surface area contributed by atoms with Crippen LogP contribution in [-0.2, 0) is 6.54 Å². The summed E-state index contributed by atoms with van der Waals surface area (Å²) in [6.07, 6.45) is 2.28. The lowest BCUT2D eigenvalue weighted by atomic mass is 10.1. The van der Waals surface area contributed by atoms with Gasteiger partial charge in [0.15, 0.2) is 0 Å². The predicted octanol–water partition coefficient (Wildman–Crippen LogP) is 2.60. The minimum absolute atomic E-state index is 0.0453. The number of rotatable bonds is 7. The van der Waals surface area contributed by atoms with Crippen LogP contribution in [0.25, 0.3) is 0 Å². The molecular weight excluding hydrogens is 238 g/mol. The van der Waals surface area contributed by atoms with E-state index >= 15 is 0 Å². The second-order valence-corrected chi connectivity index (χ2v) is 4.83. The number of hydrogen-bond donors (Lipinski definition) is 2. The van der Waals surface area contributed by atoms with Crippen LogP contribution in [0.1, 0.15) is 37.8 Å². The zero-order valence-corrected chi connectivity index (χ0v) is 12.4. The highest BCUT2D eigenvalue weighted by Crippen LogP contribution is 2.21. The van der Waals surface area contributed by atoms with Crippen molar-refractivity contribution in [2.45, 2.75) is 39.3 Å². The topological polar surface area (TPSA) is 62.3 Å². The molecule has 0 fully saturated rings. The Balaban J connectivity index is 2.90. The van der Waals surface area contributed by atoms with E-state index in [1.165, 1.54) is 0 Å². The molecule has 1 aromatic carbocycles. The van der Waals surface area contributed by atoms with E-state index in [0.29, 0.717) is 17.4 Å². The molecule has 19 heavy (non-hydrogen) atoms. The van der Waals surface area contributed by atoms with Gasteiger partial charge in [0.1, 0.15) is 11.6 Å². The first-order chi connectivity index (χ1) is 9.03. The molecule has 106 valence electrons. The van der Waals surface area contributed by atoms with Crippen molar-refractivity contribution in [3.05, 3.63) is 29.3 Å². The van der Waals surface area contributed by atoms with E-state index in [9.17, 15) is 0 Å². The van der Waals surface area contributed by atoms with Crippen LogP contribution in [0.5, 0.6) is 5.75 Å². The largest absolute Gasteiger partial charge is 0.496 e. The molecule has 0 atom stereocenters. The average Bonchev–Trinajstić information content (AvgIpc) is 2.40. The van der Waals surface area contributed by atoms with Crippen LogP contribution >= 0.6 is 0 Å². The van der Waals surface area contributed by atoms with Gasteiger partial charge in [-0.05, 0) is 37.6 Å². The molecule has 0 aliphatic heterocycles. The smallest absolute Gasteiger partial charge is 0.129 e. The lowest BCUT2D eigenvalue weighted by Crippen LogP contribution is -2.30. The van der Waals surface area contributed by atoms with Crippen LogP contribution < -0.4 is 10.5 Å². The van der Waals surface area contributed by atoms with E-state index in [2.05, 4.69) is 25.8 Å². The number of nitrogen functional groups attached to an aromatic ring is 1. The standard InChI is InChI=1S/C15H25N3O/c1-5-12(6-2)18(3)10-11-7-8-14(19-4)13(9-11)15(16)17/h7-9,12H,5-6,10H2,1-4H3,(H3,16,17). The molecule has 0 aliphatic carbocycles. The van der Waals surface area contributed by atoms with E-state index < -0.39 is 0 Å². The molecule has 0 spiro atoms. The number of benzene rings is 1. The quantitative estimate of drug-likeness (QED) is 0.587. The Labute approximate surface area is 116 Å². The zero-order chi connectivity index (χ0) is 14.4. The number of hydrogen-bond acceptors (Lipinski definition) is 3. The molecule has 0 bridgehead atoms. The molecule has 0 saturated carbocycles. The number of nitrogens with zero attached hydrogens (tertiary/aromatic N) is 1. The maximum absolute atomic E-state index is 7.60. The minimum Gasteiger partial charge on any atom is -0.496 e. The summed E-state index contributed by atoms with van der Waals surface area (Å²) in [7, 11) is 3.73. The van der Waals surface area contributed by atoms with Crippen molar-refractivity contribution < 1.29 is 4.74 Å². The first-order valence-electron chi connectivity index (χ1n) is 6.74. The van der Waals surface area contributed by atoms with E-state index in [1.54, 1.807) is 7.11 Å². The first-order valence-corrected chi connectivity index (χ1v) is 6.74. The summed E-state index contributed by atoms with van der Waals surface area (Å²) >= 11 is 0. The Morgan fingerprint density at radius 1 is 1.37 bits per heavy atom. The van der Waals surface area contributed by atoms with Crippen LogP contribution in [-0.4, -0.2) is 30.9 Å². The molecule has 0 aromatic heterocycles. The molecule has 0 saturated heterocycles. The summed E-state index contributed by atoms with van der Waals surface area (Å²) < 4.78 is 5.22. The Bertz CT molecular complexity index is 427. The molecular formula is C15H25N3O. The summed E-state index contributed by atoms with van der Waals surface area (Å²) in [4.78, 5) is 2.34. The number of ether oxygens (including phenoxy) is 1. The first kappa shape index (κ1) is 15.5. The molecule has 4 heteroatoms. The molecule has 0 unspecified atom stereocenters. The van der Waals surface area contributed by atoms with Gasteiger partial charge in [0, 0.05) is 12.6 Å². The van der Waals surface area contributed by atoms with Crippen molar-refractivity contribution in [1.29, 1.82) is 5.41 Å². The third-order valence-corrected chi connectivity index (χ3v) is 3.55. The van der Waals surface area contributed by atoms with Crippen molar-refractivity contribution in [2.75, 3.05) is 14.2 Å². The zero-order valence-electron chi connectivity index (χ0n) is 12.4. The van der Waals surface area contributed by atoms with Crippen LogP contribution in [0.4, 0.5) is 0 Å². The van der Waals surface area contributed by atoms with Gasteiger partial charge in [-0.15, -0.1) is 0 Å². The van der Waals surface area contributed by atoms with Crippen LogP contribution in [0, 0.1) is 5.41 Å². The van der Waals surface area contributed by atoms with Gasteiger partial charge in [0.25, 0.3) is 0 Å². The summed E-state index contributed by atoms with van der Waals surface area (Å²) in [5.41, 5.74) is 7.41. The lowest BCUT2D eigenvalue weighted by Gasteiger charge is -2.26. The summed E-state index contributed by atoms with van der Waals surface area (Å²) in [5.74, 6) is 0.699. The molecule has 0 aliphatic rings. The fourth-order valence-electron chi connectivity index (χ4n) is 2.39. The van der Waals surface area contributed by atoms with E-state index in [-0.39, 0.29) is 5.84 Å². The van der Waals surface area contributed by atoms with E-state index in [1.807, 2.05) is 18.2 Å². The Hall–Kier alpha value is -1.55. The number of amidine groups is 1. The predicted molar refractivity (Wildman–Crippen MR) is 79.8 cm³/mol. The molecule has 4 nitrogen and oxygen atoms in total. The molecule has 1 rings (SSSR count). The summed E-state index contributed by atoms with van der Waals surface area (Å²) in [6, 6.07) is 6.44. The third kappa shape index (κ3) is 3.96. The maximum atomic E-state index is 7.60. The third-order valence-electron chi connectivity index (χ3n) is 3.55. The van der Waals surface area contributed by atoms with E-state index in [0.717, 1.165) is 24.9 Å². The highest BCUT2D eigenvalue weighted by molar-refractivity contribution is 5.97. The van der Waals surface area contributed by atoms with Gasteiger partial charge < -0.3 is 10.5 Å². The maximum Gasteiger partial charge on any atom is 0.129 e. The van der Waals surface area contributed by atoms with E-state index in [4.69, 9.17) is 15.9 Å². The molecule has 0 radical (unpaired) electrons. The van der Waals surface area contributed by atoms with Gasteiger partial charge in [0.2, 0.25) is 0 Å². The van der Waals surface area contributed by atoms with Gasteiger partial charge >= 0.3 is 0 Å². The fraction of sp³-hybridized carbons (Fsp3) is 0.533.